The number of rotatable bonds is 15. The van der Waals surface area contributed by atoms with Crippen molar-refractivity contribution in [2.24, 2.45) is 0 Å². The third kappa shape index (κ3) is 10.6. The number of hydrogen-bond donors (Lipinski definition) is 1. The molecular weight excluding hydrogens is 296 g/mol. The van der Waals surface area contributed by atoms with E-state index in [1.54, 1.807) is 0 Å². The number of unbranched alkanes of at least 4 members (excludes halogenated alkanes) is 9. The molecule has 0 saturated heterocycles. The minimum Gasteiger partial charge on any atom is -0.396 e. The molecule has 24 heavy (non-hydrogen) atoms. The summed E-state index contributed by atoms with van der Waals surface area (Å²) < 4.78 is 0. The number of carbonyl (C=O) groups excluding carboxylic acids is 1. The summed E-state index contributed by atoms with van der Waals surface area (Å²) in [5.74, 6) is 0.351. The van der Waals surface area contributed by atoms with Gasteiger partial charge in [0, 0.05) is 19.4 Å². The second-order valence-corrected chi connectivity index (χ2v) is 6.94. The van der Waals surface area contributed by atoms with E-state index in [0.29, 0.717) is 18.6 Å². The van der Waals surface area contributed by atoms with Crippen molar-refractivity contribution in [3.05, 3.63) is 35.4 Å². The maximum Gasteiger partial charge on any atom is 0.137 e. The average molecular weight is 333 g/mol. The van der Waals surface area contributed by atoms with Crippen molar-refractivity contribution in [3.63, 3.8) is 0 Å². The molecule has 0 unspecified atom stereocenters. The van der Waals surface area contributed by atoms with Crippen molar-refractivity contribution in [1.82, 2.24) is 0 Å². The van der Waals surface area contributed by atoms with E-state index in [9.17, 15) is 4.79 Å². The zero-order chi connectivity index (χ0) is 17.5. The van der Waals surface area contributed by atoms with Crippen LogP contribution in [0.5, 0.6) is 0 Å². The molecule has 0 fully saturated rings. The quantitative estimate of drug-likeness (QED) is 0.422. The fourth-order valence-corrected chi connectivity index (χ4v) is 3.08. The van der Waals surface area contributed by atoms with Crippen LogP contribution in [-0.2, 0) is 17.6 Å². The highest BCUT2D eigenvalue weighted by Crippen LogP contribution is 2.12. The first kappa shape index (κ1) is 20.9. The highest BCUT2D eigenvalue weighted by atomic mass is 16.2. The maximum absolute atomic E-state index is 12.0. The number of aliphatic hydroxyl groups is 1. The van der Waals surface area contributed by atoms with Crippen molar-refractivity contribution in [3.8, 4) is 0 Å². The standard InChI is InChI=1S/C22H36O2/c1-2-3-4-5-6-7-8-9-10-11-12-22(24)19-21-15-13-20(14-16-21)17-18-23/h13-16,23H,2-12,17-19H2,1H3. The normalized spacial score (nSPS) is 10.9. The lowest BCUT2D eigenvalue weighted by atomic mass is 10.0. The van der Waals surface area contributed by atoms with Crippen LogP contribution in [0.3, 0.4) is 0 Å². The summed E-state index contributed by atoms with van der Waals surface area (Å²) in [5, 5.41) is 8.90. The lowest BCUT2D eigenvalue weighted by Crippen LogP contribution is -2.02. The Labute approximate surface area is 148 Å². The monoisotopic (exact) mass is 332 g/mol. The number of Topliss-reactive ketones (excluding diaryl/α,β-unsaturated/α-hetero) is 1. The molecule has 1 N–H and O–H groups in total. The molecule has 1 aromatic carbocycles. The van der Waals surface area contributed by atoms with Gasteiger partial charge in [0.1, 0.15) is 5.78 Å². The minimum atomic E-state index is 0.178. The van der Waals surface area contributed by atoms with Crippen molar-refractivity contribution >= 4 is 5.78 Å². The second-order valence-electron chi connectivity index (χ2n) is 6.94. The Kier molecular flexibility index (Phi) is 12.4. The summed E-state index contributed by atoms with van der Waals surface area (Å²) in [4.78, 5) is 12.0. The smallest absolute Gasteiger partial charge is 0.137 e. The number of hydrogen-bond acceptors (Lipinski definition) is 2. The largest absolute Gasteiger partial charge is 0.396 e. The summed E-state index contributed by atoms with van der Waals surface area (Å²) in [5.41, 5.74) is 2.22. The minimum absolute atomic E-state index is 0.178. The molecule has 0 atom stereocenters. The van der Waals surface area contributed by atoms with Crippen LogP contribution in [0.2, 0.25) is 0 Å². The van der Waals surface area contributed by atoms with Gasteiger partial charge in [-0.25, -0.2) is 0 Å². The summed E-state index contributed by atoms with van der Waals surface area (Å²) in [6.45, 7) is 2.44. The van der Waals surface area contributed by atoms with Crippen LogP contribution in [0.15, 0.2) is 24.3 Å². The van der Waals surface area contributed by atoms with Crippen LogP contribution >= 0.6 is 0 Å². The van der Waals surface area contributed by atoms with Crippen molar-refractivity contribution in [2.75, 3.05) is 6.61 Å². The maximum atomic E-state index is 12.0. The molecule has 0 radical (unpaired) electrons. The zero-order valence-electron chi connectivity index (χ0n) is 15.6. The molecule has 0 bridgehead atoms. The van der Waals surface area contributed by atoms with Crippen molar-refractivity contribution < 1.29 is 9.90 Å². The molecule has 0 heterocycles. The topological polar surface area (TPSA) is 37.3 Å². The van der Waals surface area contributed by atoms with Gasteiger partial charge in [0.2, 0.25) is 0 Å². The SMILES string of the molecule is CCCCCCCCCCCCC(=O)Cc1ccc(CCO)cc1. The molecule has 1 aromatic rings. The van der Waals surface area contributed by atoms with Gasteiger partial charge in [0.15, 0.2) is 0 Å². The Morgan fingerprint density at radius 1 is 0.792 bits per heavy atom. The summed E-state index contributed by atoms with van der Waals surface area (Å²) >= 11 is 0. The van der Waals surface area contributed by atoms with Crippen LogP contribution in [0.1, 0.15) is 88.7 Å². The lowest BCUT2D eigenvalue weighted by molar-refractivity contribution is -0.118. The third-order valence-corrected chi connectivity index (χ3v) is 4.63. The second kappa shape index (κ2) is 14.2. The van der Waals surface area contributed by atoms with E-state index >= 15 is 0 Å². The first-order chi connectivity index (χ1) is 11.8. The van der Waals surface area contributed by atoms with E-state index in [2.05, 4.69) is 6.92 Å². The number of ketones is 1. The predicted molar refractivity (Wildman–Crippen MR) is 102 cm³/mol. The van der Waals surface area contributed by atoms with E-state index in [0.717, 1.165) is 24.0 Å². The van der Waals surface area contributed by atoms with E-state index in [4.69, 9.17) is 5.11 Å². The fourth-order valence-electron chi connectivity index (χ4n) is 3.08. The van der Waals surface area contributed by atoms with E-state index in [1.165, 1.54) is 57.8 Å². The number of benzene rings is 1. The molecule has 0 saturated carbocycles. The molecule has 2 nitrogen and oxygen atoms in total. The Hall–Kier alpha value is -1.15. The molecule has 1 rings (SSSR count). The van der Waals surface area contributed by atoms with Gasteiger partial charge in [0.05, 0.1) is 0 Å². The van der Waals surface area contributed by atoms with Crippen LogP contribution in [0, 0.1) is 0 Å². The molecule has 0 spiro atoms. The van der Waals surface area contributed by atoms with E-state index < -0.39 is 0 Å². The third-order valence-electron chi connectivity index (χ3n) is 4.63. The zero-order valence-corrected chi connectivity index (χ0v) is 15.6. The van der Waals surface area contributed by atoms with Gasteiger partial charge in [-0.05, 0) is 24.0 Å². The summed E-state index contributed by atoms with van der Waals surface area (Å²) in [7, 11) is 0. The first-order valence-corrected chi connectivity index (χ1v) is 9.96. The van der Waals surface area contributed by atoms with Gasteiger partial charge >= 0.3 is 0 Å². The molecular formula is C22H36O2. The van der Waals surface area contributed by atoms with Gasteiger partial charge in [-0.1, -0.05) is 89.0 Å². The van der Waals surface area contributed by atoms with Gasteiger partial charge < -0.3 is 5.11 Å². The summed E-state index contributed by atoms with van der Waals surface area (Å²) in [6.07, 6.45) is 15.0. The van der Waals surface area contributed by atoms with Crippen molar-refractivity contribution in [1.29, 1.82) is 0 Å². The molecule has 0 aliphatic rings. The van der Waals surface area contributed by atoms with Gasteiger partial charge in [-0.15, -0.1) is 0 Å². The summed E-state index contributed by atoms with van der Waals surface area (Å²) in [6, 6.07) is 8.06. The first-order valence-electron chi connectivity index (χ1n) is 9.96. The van der Waals surface area contributed by atoms with E-state index in [1.807, 2.05) is 24.3 Å². The molecule has 0 aliphatic carbocycles. The molecule has 0 aliphatic heterocycles. The molecule has 0 aromatic heterocycles. The number of carbonyl (C=O) groups is 1. The number of aliphatic hydroxyl groups excluding tert-OH is 1. The van der Waals surface area contributed by atoms with Crippen LogP contribution in [0.4, 0.5) is 0 Å². The van der Waals surface area contributed by atoms with Gasteiger partial charge in [0.25, 0.3) is 0 Å². The molecule has 0 amide bonds. The highest BCUT2D eigenvalue weighted by Gasteiger charge is 2.04. The van der Waals surface area contributed by atoms with Crippen LogP contribution in [-0.4, -0.2) is 17.5 Å². The Balaban J connectivity index is 2.00. The van der Waals surface area contributed by atoms with Gasteiger partial charge in [-0.2, -0.15) is 0 Å². The Morgan fingerprint density at radius 3 is 1.83 bits per heavy atom. The predicted octanol–water partition coefficient (Wildman–Crippen LogP) is 5.64. The fraction of sp³-hybridized carbons (Fsp3) is 0.682. The van der Waals surface area contributed by atoms with Gasteiger partial charge in [-0.3, -0.25) is 4.79 Å². The van der Waals surface area contributed by atoms with Crippen molar-refractivity contribution in [2.45, 2.75) is 90.4 Å². The lowest BCUT2D eigenvalue weighted by Gasteiger charge is -2.04. The average Bonchev–Trinajstić information content (AvgIpc) is 2.58. The highest BCUT2D eigenvalue weighted by molar-refractivity contribution is 5.80. The van der Waals surface area contributed by atoms with Crippen LogP contribution in [0.25, 0.3) is 0 Å². The van der Waals surface area contributed by atoms with Crippen LogP contribution < -0.4 is 0 Å². The molecule has 2 heteroatoms. The Morgan fingerprint density at radius 2 is 1.29 bits per heavy atom. The molecule has 136 valence electrons. The van der Waals surface area contributed by atoms with E-state index in [-0.39, 0.29) is 6.61 Å². The Bertz CT molecular complexity index is 422.